The number of amides is 1. The number of aliphatic hydroxyl groups excluding tert-OH is 1. The van der Waals surface area contributed by atoms with Gasteiger partial charge in [0.05, 0.1) is 34.6 Å². The molecule has 4 aromatic heterocycles. The van der Waals surface area contributed by atoms with Crippen molar-refractivity contribution in [1.82, 2.24) is 19.9 Å². The third-order valence-electron chi connectivity index (χ3n) is 3.83. The van der Waals surface area contributed by atoms with Gasteiger partial charge in [0.1, 0.15) is 10.8 Å². The summed E-state index contributed by atoms with van der Waals surface area (Å²) in [7, 11) is 0. The van der Waals surface area contributed by atoms with Crippen molar-refractivity contribution >= 4 is 34.1 Å². The molecule has 0 fully saturated rings. The number of H-pyrrole nitrogens is 1. The van der Waals surface area contributed by atoms with Crippen LogP contribution in [0.4, 0.5) is 5.82 Å². The summed E-state index contributed by atoms with van der Waals surface area (Å²) in [6.07, 6.45) is 3.38. The van der Waals surface area contributed by atoms with Gasteiger partial charge in [-0.05, 0) is 24.3 Å². The highest BCUT2D eigenvalue weighted by atomic mass is 32.1. The number of anilines is 1. The third kappa shape index (κ3) is 2.96. The van der Waals surface area contributed by atoms with Crippen LogP contribution in [-0.4, -0.2) is 30.9 Å². The van der Waals surface area contributed by atoms with E-state index in [0.29, 0.717) is 11.5 Å². The minimum atomic E-state index is -0.180. The maximum Gasteiger partial charge on any atom is 0.222 e. The first-order chi connectivity index (χ1) is 12.7. The van der Waals surface area contributed by atoms with Crippen molar-refractivity contribution in [3.05, 3.63) is 47.7 Å². The van der Waals surface area contributed by atoms with E-state index in [1.807, 2.05) is 23.6 Å². The molecule has 7 nitrogen and oxygen atoms in total. The van der Waals surface area contributed by atoms with Crippen molar-refractivity contribution in [2.45, 2.75) is 13.5 Å². The predicted octanol–water partition coefficient (Wildman–Crippen LogP) is 3.20. The summed E-state index contributed by atoms with van der Waals surface area (Å²) in [5.41, 5.74) is 4.87. The summed E-state index contributed by atoms with van der Waals surface area (Å²) >= 11 is 1.45. The first-order valence-corrected chi connectivity index (χ1v) is 8.80. The number of nitrogens with zero attached hydrogens (tertiary/aromatic N) is 3. The van der Waals surface area contributed by atoms with Gasteiger partial charge in [-0.15, -0.1) is 11.3 Å². The van der Waals surface area contributed by atoms with Gasteiger partial charge in [0, 0.05) is 30.3 Å². The Kier molecular flexibility index (Phi) is 4.19. The molecule has 0 unspecified atom stereocenters. The number of carbonyl (C=O) groups excluding carboxylic acids is 1. The molecular formula is C18H15N5O2S. The molecule has 0 aliphatic carbocycles. The molecular weight excluding hydrogens is 350 g/mol. The fourth-order valence-electron chi connectivity index (χ4n) is 2.77. The van der Waals surface area contributed by atoms with E-state index in [2.05, 4.69) is 25.3 Å². The normalized spacial score (nSPS) is 11.0. The van der Waals surface area contributed by atoms with Crippen LogP contribution < -0.4 is 5.32 Å². The molecule has 130 valence electrons. The minimum absolute atomic E-state index is 0.108. The largest absolute Gasteiger partial charge is 0.390 e. The van der Waals surface area contributed by atoms with Crippen LogP contribution in [0.15, 0.2) is 42.0 Å². The van der Waals surface area contributed by atoms with E-state index in [-0.39, 0.29) is 12.5 Å². The summed E-state index contributed by atoms with van der Waals surface area (Å²) in [5, 5.41) is 14.6. The molecule has 0 atom stereocenters. The standard InChI is InChI=1S/C18H15N5O2S/c1-10(25)21-14-7-11(4-6-19-14)16-15(18-22-12(8-24)9-26-18)17-13(23-16)3-2-5-20-17/h2-7,9,23-24H,8H2,1H3,(H,19,21,25). The number of nitrogens with one attached hydrogen (secondary N) is 2. The molecule has 1 amide bonds. The first kappa shape index (κ1) is 16.4. The molecule has 0 aliphatic heterocycles. The lowest BCUT2D eigenvalue weighted by atomic mass is 10.1. The van der Waals surface area contributed by atoms with Gasteiger partial charge in [0.2, 0.25) is 5.91 Å². The Morgan fingerprint density at radius 1 is 1.31 bits per heavy atom. The maximum atomic E-state index is 11.3. The van der Waals surface area contributed by atoms with Gasteiger partial charge >= 0.3 is 0 Å². The van der Waals surface area contributed by atoms with E-state index in [1.165, 1.54) is 18.3 Å². The smallest absolute Gasteiger partial charge is 0.222 e. The van der Waals surface area contributed by atoms with Gasteiger partial charge in [-0.2, -0.15) is 0 Å². The second-order valence-corrected chi connectivity index (χ2v) is 6.55. The minimum Gasteiger partial charge on any atom is -0.390 e. The van der Waals surface area contributed by atoms with Crippen LogP contribution in [-0.2, 0) is 11.4 Å². The lowest BCUT2D eigenvalue weighted by molar-refractivity contribution is -0.114. The van der Waals surface area contributed by atoms with Gasteiger partial charge in [-0.1, -0.05) is 0 Å². The SMILES string of the molecule is CC(=O)Nc1cc(-c2[nH]c3cccnc3c2-c2nc(CO)cs2)ccn1. The quantitative estimate of drug-likeness (QED) is 0.515. The van der Waals surface area contributed by atoms with Crippen molar-refractivity contribution < 1.29 is 9.90 Å². The van der Waals surface area contributed by atoms with Gasteiger partial charge in [0.15, 0.2) is 0 Å². The van der Waals surface area contributed by atoms with Gasteiger partial charge in [0.25, 0.3) is 0 Å². The second kappa shape index (κ2) is 6.66. The van der Waals surface area contributed by atoms with Crippen LogP contribution in [0.3, 0.4) is 0 Å². The summed E-state index contributed by atoms with van der Waals surface area (Å²) in [6, 6.07) is 7.48. The fraction of sp³-hybridized carbons (Fsp3) is 0.111. The van der Waals surface area contributed by atoms with E-state index in [0.717, 1.165) is 32.9 Å². The average Bonchev–Trinajstić information content (AvgIpc) is 3.25. The Morgan fingerprint density at radius 3 is 2.96 bits per heavy atom. The summed E-state index contributed by atoms with van der Waals surface area (Å²) in [6.45, 7) is 1.34. The van der Waals surface area contributed by atoms with E-state index in [4.69, 9.17) is 0 Å². The van der Waals surface area contributed by atoms with E-state index in [1.54, 1.807) is 18.5 Å². The van der Waals surface area contributed by atoms with E-state index in [9.17, 15) is 9.90 Å². The number of hydrogen-bond acceptors (Lipinski definition) is 6. The predicted molar refractivity (Wildman–Crippen MR) is 101 cm³/mol. The van der Waals surface area contributed by atoms with Gasteiger partial charge in [-0.25, -0.2) is 9.97 Å². The molecule has 0 aliphatic rings. The number of hydrogen-bond donors (Lipinski definition) is 3. The average molecular weight is 365 g/mol. The van der Waals surface area contributed by atoms with E-state index >= 15 is 0 Å². The molecule has 4 heterocycles. The van der Waals surface area contributed by atoms with Crippen molar-refractivity contribution in [3.8, 4) is 21.8 Å². The summed E-state index contributed by atoms with van der Waals surface area (Å²) in [4.78, 5) is 27.9. The zero-order valence-corrected chi connectivity index (χ0v) is 14.7. The number of rotatable bonds is 4. The van der Waals surface area contributed by atoms with Crippen LogP contribution in [0, 0.1) is 0 Å². The van der Waals surface area contributed by atoms with E-state index < -0.39 is 0 Å². The van der Waals surface area contributed by atoms with Crippen molar-refractivity contribution in [3.63, 3.8) is 0 Å². The van der Waals surface area contributed by atoms with Crippen LogP contribution in [0.5, 0.6) is 0 Å². The molecule has 4 aromatic rings. The topological polar surface area (TPSA) is 104 Å². The molecule has 0 bridgehead atoms. The summed E-state index contributed by atoms with van der Waals surface area (Å²) in [5.74, 6) is 0.295. The molecule has 8 heteroatoms. The Hall–Kier alpha value is -3.10. The number of thiazole rings is 1. The molecule has 0 radical (unpaired) electrons. The van der Waals surface area contributed by atoms with Crippen LogP contribution >= 0.6 is 11.3 Å². The lowest BCUT2D eigenvalue weighted by Crippen LogP contribution is -2.07. The number of aromatic amines is 1. The zero-order valence-electron chi connectivity index (χ0n) is 13.9. The zero-order chi connectivity index (χ0) is 18.1. The highest BCUT2D eigenvalue weighted by molar-refractivity contribution is 7.13. The van der Waals surface area contributed by atoms with Crippen molar-refractivity contribution in [1.29, 1.82) is 0 Å². The maximum absolute atomic E-state index is 11.3. The Morgan fingerprint density at radius 2 is 2.19 bits per heavy atom. The Bertz CT molecular complexity index is 1100. The van der Waals surface area contributed by atoms with Crippen molar-refractivity contribution in [2.75, 3.05) is 5.32 Å². The number of pyridine rings is 2. The van der Waals surface area contributed by atoms with Crippen LogP contribution in [0.1, 0.15) is 12.6 Å². The highest BCUT2D eigenvalue weighted by Crippen LogP contribution is 2.39. The molecule has 0 aromatic carbocycles. The number of aromatic nitrogens is 4. The lowest BCUT2D eigenvalue weighted by Gasteiger charge is -2.05. The molecule has 4 rings (SSSR count). The van der Waals surface area contributed by atoms with Crippen LogP contribution in [0.2, 0.25) is 0 Å². The fourth-order valence-corrected chi connectivity index (χ4v) is 3.64. The third-order valence-corrected chi connectivity index (χ3v) is 4.74. The van der Waals surface area contributed by atoms with Gasteiger partial charge < -0.3 is 15.4 Å². The number of aliphatic hydroxyl groups is 1. The van der Waals surface area contributed by atoms with Gasteiger partial charge in [-0.3, -0.25) is 9.78 Å². The molecule has 3 N–H and O–H groups in total. The monoisotopic (exact) mass is 365 g/mol. The van der Waals surface area contributed by atoms with Crippen molar-refractivity contribution in [2.24, 2.45) is 0 Å². The second-order valence-electron chi connectivity index (χ2n) is 5.69. The van der Waals surface area contributed by atoms with Crippen LogP contribution in [0.25, 0.3) is 32.9 Å². The molecule has 0 saturated carbocycles. The molecule has 0 saturated heterocycles. The molecule has 26 heavy (non-hydrogen) atoms. The highest BCUT2D eigenvalue weighted by Gasteiger charge is 2.19. The Labute approximate surface area is 152 Å². The summed E-state index contributed by atoms with van der Waals surface area (Å²) < 4.78 is 0. The Balaban J connectivity index is 1.92. The number of carbonyl (C=O) groups is 1. The number of fused-ring (bicyclic) bond motifs is 1. The molecule has 0 spiro atoms. The first-order valence-electron chi connectivity index (χ1n) is 7.92.